The van der Waals surface area contributed by atoms with Crippen LogP contribution in [0.4, 0.5) is 0 Å². The molecule has 2 rings (SSSR count). The minimum Gasteiger partial charge on any atom is -0.383 e. The topological polar surface area (TPSA) is 29.5 Å². The zero-order chi connectivity index (χ0) is 15.2. The zero-order valence-electron chi connectivity index (χ0n) is 12.1. The van der Waals surface area contributed by atoms with Crippen LogP contribution in [0.2, 0.25) is 0 Å². The highest BCUT2D eigenvalue weighted by Crippen LogP contribution is 2.28. The first-order valence-corrected chi connectivity index (χ1v) is 8.31. The van der Waals surface area contributed by atoms with Crippen LogP contribution < -0.4 is 0 Å². The van der Waals surface area contributed by atoms with E-state index >= 15 is 0 Å². The number of nitrogens with zero attached hydrogens (tertiary/aromatic N) is 1. The van der Waals surface area contributed by atoms with Crippen molar-refractivity contribution in [1.29, 1.82) is 0 Å². The van der Waals surface area contributed by atoms with Crippen molar-refractivity contribution in [1.82, 2.24) is 4.90 Å². The number of methoxy groups -OCH3 is 1. The number of aryl methyl sites for hydroxylation is 1. The molecule has 0 aliphatic rings. The summed E-state index contributed by atoms with van der Waals surface area (Å²) in [5.41, 5.74) is 2.21. The molecule has 0 N–H and O–H groups in total. The van der Waals surface area contributed by atoms with E-state index in [9.17, 15) is 4.79 Å². The van der Waals surface area contributed by atoms with Gasteiger partial charge in [0.2, 0.25) is 0 Å². The minimum absolute atomic E-state index is 0.0507. The van der Waals surface area contributed by atoms with E-state index in [1.165, 1.54) is 11.3 Å². The maximum atomic E-state index is 12.7. The number of amides is 1. The van der Waals surface area contributed by atoms with Crippen LogP contribution >= 0.6 is 27.3 Å². The lowest BCUT2D eigenvalue weighted by atomic mass is 10.2. The number of hydrogen-bond donors (Lipinski definition) is 0. The Bertz CT molecular complexity index is 578. The molecule has 0 aliphatic carbocycles. The third kappa shape index (κ3) is 4.40. The smallest absolute Gasteiger partial charge is 0.264 e. The molecule has 0 aliphatic heterocycles. The molecule has 112 valence electrons. The van der Waals surface area contributed by atoms with Gasteiger partial charge in [-0.2, -0.15) is 0 Å². The Morgan fingerprint density at radius 3 is 2.62 bits per heavy atom. The summed E-state index contributed by atoms with van der Waals surface area (Å²) in [5.74, 6) is 0.0507. The molecule has 1 aromatic carbocycles. The largest absolute Gasteiger partial charge is 0.383 e. The Morgan fingerprint density at radius 2 is 2.05 bits per heavy atom. The van der Waals surface area contributed by atoms with Crippen LogP contribution in [-0.2, 0) is 11.3 Å². The minimum atomic E-state index is 0.0507. The average Bonchev–Trinajstić information content (AvgIpc) is 2.83. The lowest BCUT2D eigenvalue weighted by Crippen LogP contribution is -2.33. The van der Waals surface area contributed by atoms with Crippen molar-refractivity contribution in [3.05, 3.63) is 56.2 Å². The van der Waals surface area contributed by atoms with Gasteiger partial charge in [0, 0.05) is 20.2 Å². The second kappa shape index (κ2) is 7.73. The summed E-state index contributed by atoms with van der Waals surface area (Å²) in [5, 5.41) is 0. The van der Waals surface area contributed by atoms with E-state index in [0.29, 0.717) is 19.7 Å². The van der Waals surface area contributed by atoms with Crippen molar-refractivity contribution in [3.63, 3.8) is 0 Å². The Morgan fingerprint density at radius 1 is 1.33 bits per heavy atom. The first-order valence-electron chi connectivity index (χ1n) is 6.70. The van der Waals surface area contributed by atoms with Gasteiger partial charge in [-0.25, -0.2) is 0 Å². The summed E-state index contributed by atoms with van der Waals surface area (Å²) in [7, 11) is 1.65. The lowest BCUT2D eigenvalue weighted by Gasteiger charge is -2.22. The van der Waals surface area contributed by atoms with Crippen LogP contribution in [0, 0.1) is 6.92 Å². The molecule has 0 spiro atoms. The molecule has 1 aromatic heterocycles. The monoisotopic (exact) mass is 367 g/mol. The fraction of sp³-hybridized carbons (Fsp3) is 0.312. The highest BCUT2D eigenvalue weighted by Gasteiger charge is 2.19. The Kier molecular flexibility index (Phi) is 5.96. The van der Waals surface area contributed by atoms with Gasteiger partial charge in [0.05, 0.1) is 15.3 Å². The summed E-state index contributed by atoms with van der Waals surface area (Å²) < 4.78 is 6.14. The van der Waals surface area contributed by atoms with Gasteiger partial charge in [0.1, 0.15) is 0 Å². The number of rotatable bonds is 6. The maximum Gasteiger partial charge on any atom is 0.264 e. The lowest BCUT2D eigenvalue weighted by molar-refractivity contribution is 0.0685. The number of carbonyl (C=O) groups is 1. The molecule has 2 aromatic rings. The van der Waals surface area contributed by atoms with Gasteiger partial charge in [-0.1, -0.05) is 30.3 Å². The van der Waals surface area contributed by atoms with Gasteiger partial charge in [-0.05, 0) is 40.0 Å². The van der Waals surface area contributed by atoms with E-state index in [1.54, 1.807) is 7.11 Å². The summed E-state index contributed by atoms with van der Waals surface area (Å²) in [4.78, 5) is 15.3. The van der Waals surface area contributed by atoms with Crippen molar-refractivity contribution in [2.45, 2.75) is 13.5 Å². The van der Waals surface area contributed by atoms with Crippen molar-refractivity contribution < 1.29 is 9.53 Å². The summed E-state index contributed by atoms with van der Waals surface area (Å²) in [6.07, 6.45) is 0. The Balaban J connectivity index is 2.16. The molecule has 0 bridgehead atoms. The molecule has 0 unspecified atom stereocenters. The molecular formula is C16H18BrNO2S. The standard InChI is InChI=1S/C16H18BrNO2S/c1-12-10-14(21-15(12)17)16(19)18(8-9-20-2)11-13-6-4-3-5-7-13/h3-7,10H,8-9,11H2,1-2H3. The van der Waals surface area contributed by atoms with E-state index in [2.05, 4.69) is 15.9 Å². The first kappa shape index (κ1) is 16.2. The molecule has 21 heavy (non-hydrogen) atoms. The van der Waals surface area contributed by atoms with Crippen LogP contribution in [-0.4, -0.2) is 31.1 Å². The van der Waals surface area contributed by atoms with Gasteiger partial charge in [0.15, 0.2) is 0 Å². The van der Waals surface area contributed by atoms with Crippen molar-refractivity contribution in [2.24, 2.45) is 0 Å². The highest BCUT2D eigenvalue weighted by atomic mass is 79.9. The Hall–Kier alpha value is -1.17. The van der Waals surface area contributed by atoms with Crippen molar-refractivity contribution in [2.75, 3.05) is 20.3 Å². The van der Waals surface area contributed by atoms with Gasteiger partial charge >= 0.3 is 0 Å². The van der Waals surface area contributed by atoms with Crippen LogP contribution in [0.1, 0.15) is 20.8 Å². The second-order valence-corrected chi connectivity index (χ2v) is 7.14. The first-order chi connectivity index (χ1) is 10.1. The van der Waals surface area contributed by atoms with Crippen LogP contribution in [0.5, 0.6) is 0 Å². The van der Waals surface area contributed by atoms with E-state index in [-0.39, 0.29) is 5.91 Å². The van der Waals surface area contributed by atoms with Gasteiger partial charge < -0.3 is 9.64 Å². The van der Waals surface area contributed by atoms with E-state index in [0.717, 1.165) is 19.8 Å². The molecule has 1 amide bonds. The van der Waals surface area contributed by atoms with E-state index in [1.807, 2.05) is 48.2 Å². The fourth-order valence-corrected chi connectivity index (χ4v) is 3.48. The van der Waals surface area contributed by atoms with Gasteiger partial charge in [-0.3, -0.25) is 4.79 Å². The molecule has 0 saturated heterocycles. The number of halogens is 1. The zero-order valence-corrected chi connectivity index (χ0v) is 14.5. The maximum absolute atomic E-state index is 12.7. The molecule has 0 fully saturated rings. The predicted octanol–water partition coefficient (Wildman–Crippen LogP) is 4.11. The number of benzene rings is 1. The van der Waals surface area contributed by atoms with E-state index < -0.39 is 0 Å². The molecule has 0 atom stereocenters. The van der Waals surface area contributed by atoms with Crippen molar-refractivity contribution in [3.8, 4) is 0 Å². The molecule has 0 saturated carbocycles. The van der Waals surface area contributed by atoms with Crippen LogP contribution in [0.3, 0.4) is 0 Å². The number of carbonyl (C=O) groups excluding carboxylic acids is 1. The third-order valence-electron chi connectivity index (χ3n) is 3.14. The molecular weight excluding hydrogens is 350 g/mol. The third-order valence-corrected chi connectivity index (χ3v) is 5.26. The SMILES string of the molecule is COCCN(Cc1ccccc1)C(=O)c1cc(C)c(Br)s1. The normalized spacial score (nSPS) is 10.6. The molecule has 5 heteroatoms. The highest BCUT2D eigenvalue weighted by molar-refractivity contribution is 9.11. The summed E-state index contributed by atoms with van der Waals surface area (Å²) in [6.45, 7) is 3.70. The quantitative estimate of drug-likeness (QED) is 0.768. The predicted molar refractivity (Wildman–Crippen MR) is 89.8 cm³/mol. The van der Waals surface area contributed by atoms with Crippen molar-refractivity contribution >= 4 is 33.2 Å². The molecule has 1 heterocycles. The summed E-state index contributed by atoms with van der Waals surface area (Å²) >= 11 is 4.96. The van der Waals surface area contributed by atoms with Gasteiger partial charge in [-0.15, -0.1) is 11.3 Å². The van der Waals surface area contributed by atoms with Crippen LogP contribution in [0.25, 0.3) is 0 Å². The number of ether oxygens (including phenoxy) is 1. The number of thiophene rings is 1. The van der Waals surface area contributed by atoms with Crippen LogP contribution in [0.15, 0.2) is 40.2 Å². The Labute approximate surface area is 137 Å². The number of hydrogen-bond acceptors (Lipinski definition) is 3. The molecule has 3 nitrogen and oxygen atoms in total. The van der Waals surface area contributed by atoms with Gasteiger partial charge in [0.25, 0.3) is 5.91 Å². The fourth-order valence-electron chi connectivity index (χ4n) is 1.98. The summed E-state index contributed by atoms with van der Waals surface area (Å²) in [6, 6.07) is 11.9. The average molecular weight is 368 g/mol. The van der Waals surface area contributed by atoms with E-state index in [4.69, 9.17) is 4.74 Å². The molecule has 0 radical (unpaired) electrons. The second-order valence-electron chi connectivity index (χ2n) is 4.77.